The van der Waals surface area contributed by atoms with Crippen LogP contribution in [-0.4, -0.2) is 45.1 Å². The molecule has 10 heteroatoms. The van der Waals surface area contributed by atoms with Gasteiger partial charge in [0.25, 0.3) is 11.8 Å². The SMILES string of the molecule is O=C(COc1ccc(Cl)c(F)c1)NC12CCC(NC(=O)c3ccsn3)(CC1)CC2O. The number of nitrogens with zero attached hydrogens (tertiary/aromatic N) is 1. The lowest BCUT2D eigenvalue weighted by Gasteiger charge is -2.56. The molecule has 3 saturated carbocycles. The van der Waals surface area contributed by atoms with E-state index in [0.717, 1.165) is 6.07 Å². The van der Waals surface area contributed by atoms with E-state index in [1.807, 2.05) is 0 Å². The molecule has 2 aromatic rings. The maximum absolute atomic E-state index is 13.5. The highest BCUT2D eigenvalue weighted by molar-refractivity contribution is 7.03. The first kappa shape index (κ1) is 21.0. The molecule has 160 valence electrons. The van der Waals surface area contributed by atoms with Crippen LogP contribution in [0, 0.1) is 5.82 Å². The van der Waals surface area contributed by atoms with Gasteiger partial charge in [0.2, 0.25) is 0 Å². The highest BCUT2D eigenvalue weighted by Gasteiger charge is 2.55. The minimum absolute atomic E-state index is 0.0245. The molecule has 0 radical (unpaired) electrons. The van der Waals surface area contributed by atoms with Crippen LogP contribution in [0.25, 0.3) is 0 Å². The highest BCUT2D eigenvalue weighted by atomic mass is 35.5. The summed E-state index contributed by atoms with van der Waals surface area (Å²) in [5.74, 6) is -1.07. The lowest BCUT2D eigenvalue weighted by molar-refractivity contribution is -0.132. The molecule has 0 saturated heterocycles. The molecule has 30 heavy (non-hydrogen) atoms. The molecule has 3 fully saturated rings. The van der Waals surface area contributed by atoms with Crippen LogP contribution in [0.1, 0.15) is 42.6 Å². The van der Waals surface area contributed by atoms with E-state index in [1.54, 1.807) is 11.4 Å². The molecule has 1 aromatic heterocycles. The van der Waals surface area contributed by atoms with E-state index in [2.05, 4.69) is 15.0 Å². The van der Waals surface area contributed by atoms with Gasteiger partial charge in [0.05, 0.1) is 16.7 Å². The number of amides is 2. The molecule has 0 aliphatic heterocycles. The number of carbonyl (C=O) groups is 2. The zero-order valence-corrected chi connectivity index (χ0v) is 17.6. The smallest absolute Gasteiger partial charge is 0.271 e. The summed E-state index contributed by atoms with van der Waals surface area (Å²) in [5.41, 5.74) is -0.877. The lowest BCUT2D eigenvalue weighted by Crippen LogP contribution is -2.70. The topological polar surface area (TPSA) is 101 Å². The number of fused-ring (bicyclic) bond motifs is 3. The average Bonchev–Trinajstić information content (AvgIpc) is 3.25. The fraction of sp³-hybridized carbons (Fsp3) is 0.450. The molecule has 3 N–H and O–H groups in total. The Morgan fingerprint density at radius 3 is 2.67 bits per heavy atom. The van der Waals surface area contributed by atoms with Crippen LogP contribution >= 0.6 is 23.1 Å². The maximum Gasteiger partial charge on any atom is 0.271 e. The van der Waals surface area contributed by atoms with Gasteiger partial charge in [-0.1, -0.05) is 11.6 Å². The summed E-state index contributed by atoms with van der Waals surface area (Å²) in [4.78, 5) is 24.8. The number of aliphatic hydroxyl groups excluding tert-OH is 1. The fourth-order valence-corrected chi connectivity index (χ4v) is 4.95. The van der Waals surface area contributed by atoms with Crippen molar-refractivity contribution in [3.8, 4) is 5.75 Å². The summed E-state index contributed by atoms with van der Waals surface area (Å²) in [6.07, 6.45) is 1.91. The first-order valence-electron chi connectivity index (χ1n) is 9.61. The third kappa shape index (κ3) is 4.14. The largest absolute Gasteiger partial charge is 0.484 e. The quantitative estimate of drug-likeness (QED) is 0.624. The molecule has 3 aliphatic carbocycles. The molecule has 2 bridgehead atoms. The Labute approximate surface area is 181 Å². The van der Waals surface area contributed by atoms with Crippen molar-refractivity contribution in [2.45, 2.75) is 49.3 Å². The zero-order valence-electron chi connectivity index (χ0n) is 16.0. The molecule has 1 heterocycles. The normalized spacial score (nSPS) is 27.5. The summed E-state index contributed by atoms with van der Waals surface area (Å²) < 4.78 is 22.9. The summed E-state index contributed by atoms with van der Waals surface area (Å²) in [6, 6.07) is 5.61. The van der Waals surface area contributed by atoms with Gasteiger partial charge in [-0.3, -0.25) is 9.59 Å². The van der Waals surface area contributed by atoms with Crippen LogP contribution in [0.15, 0.2) is 29.6 Å². The Morgan fingerprint density at radius 2 is 2.03 bits per heavy atom. The number of aliphatic hydroxyl groups is 1. The van der Waals surface area contributed by atoms with E-state index >= 15 is 0 Å². The average molecular weight is 454 g/mol. The summed E-state index contributed by atoms with van der Waals surface area (Å²) in [7, 11) is 0. The van der Waals surface area contributed by atoms with E-state index in [0.29, 0.717) is 37.8 Å². The van der Waals surface area contributed by atoms with E-state index in [1.165, 1.54) is 23.7 Å². The minimum Gasteiger partial charge on any atom is -0.484 e. The summed E-state index contributed by atoms with van der Waals surface area (Å²) >= 11 is 6.85. The number of benzene rings is 1. The zero-order chi connectivity index (χ0) is 21.4. The Morgan fingerprint density at radius 1 is 1.27 bits per heavy atom. The van der Waals surface area contributed by atoms with Gasteiger partial charge >= 0.3 is 0 Å². The third-order valence-corrected chi connectivity index (χ3v) is 6.89. The first-order valence-corrected chi connectivity index (χ1v) is 10.8. The Kier molecular flexibility index (Phi) is 5.69. The number of aromatic nitrogens is 1. The van der Waals surface area contributed by atoms with Crippen molar-refractivity contribution >= 4 is 34.9 Å². The molecular formula is C20H21ClFN3O4S. The van der Waals surface area contributed by atoms with E-state index < -0.39 is 28.9 Å². The number of ether oxygens (including phenoxy) is 1. The highest BCUT2D eigenvalue weighted by Crippen LogP contribution is 2.47. The number of halogens is 2. The van der Waals surface area contributed by atoms with E-state index in [4.69, 9.17) is 16.3 Å². The van der Waals surface area contributed by atoms with Crippen molar-refractivity contribution in [1.29, 1.82) is 0 Å². The van der Waals surface area contributed by atoms with Gasteiger partial charge in [0.15, 0.2) is 6.61 Å². The van der Waals surface area contributed by atoms with Gasteiger partial charge in [0.1, 0.15) is 17.3 Å². The predicted octanol–water partition coefficient (Wildman–Crippen LogP) is 2.68. The van der Waals surface area contributed by atoms with Crippen LogP contribution < -0.4 is 15.4 Å². The van der Waals surface area contributed by atoms with Gasteiger partial charge in [-0.2, -0.15) is 4.37 Å². The molecule has 0 spiro atoms. The van der Waals surface area contributed by atoms with E-state index in [-0.39, 0.29) is 23.3 Å². The van der Waals surface area contributed by atoms with Crippen molar-refractivity contribution in [2.24, 2.45) is 0 Å². The predicted molar refractivity (Wildman–Crippen MR) is 109 cm³/mol. The fourth-order valence-electron chi connectivity index (χ4n) is 4.33. The van der Waals surface area contributed by atoms with Crippen molar-refractivity contribution in [3.63, 3.8) is 0 Å². The Hall–Kier alpha value is -2.23. The lowest BCUT2D eigenvalue weighted by atomic mass is 9.60. The van der Waals surface area contributed by atoms with Crippen LogP contribution in [0.4, 0.5) is 4.39 Å². The maximum atomic E-state index is 13.5. The van der Waals surface area contributed by atoms with Gasteiger partial charge in [0, 0.05) is 17.0 Å². The van der Waals surface area contributed by atoms with Crippen LogP contribution in [-0.2, 0) is 4.79 Å². The van der Waals surface area contributed by atoms with E-state index in [9.17, 15) is 19.1 Å². The van der Waals surface area contributed by atoms with Gasteiger partial charge in [-0.15, -0.1) is 0 Å². The molecule has 5 rings (SSSR count). The van der Waals surface area contributed by atoms with Crippen molar-refractivity contribution in [2.75, 3.05) is 6.61 Å². The van der Waals surface area contributed by atoms with Gasteiger partial charge < -0.3 is 20.5 Å². The Bertz CT molecular complexity index is 948. The van der Waals surface area contributed by atoms with Crippen molar-refractivity contribution < 1.29 is 23.8 Å². The number of hydrogen-bond donors (Lipinski definition) is 3. The summed E-state index contributed by atoms with van der Waals surface area (Å²) in [5, 5.41) is 18.4. The van der Waals surface area contributed by atoms with Crippen LogP contribution in [0.3, 0.4) is 0 Å². The second-order valence-electron chi connectivity index (χ2n) is 7.91. The van der Waals surface area contributed by atoms with Crippen molar-refractivity contribution in [3.05, 3.63) is 46.2 Å². The monoisotopic (exact) mass is 453 g/mol. The number of carbonyl (C=O) groups excluding carboxylic acids is 2. The minimum atomic E-state index is -0.798. The standard InChI is InChI=1S/C20H21ClFN3O4S/c21-13-2-1-12(9-14(13)22)29-11-17(27)23-20-6-4-19(5-7-20,10-16(20)26)24-18(28)15-3-8-30-25-15/h1-3,8-9,16,26H,4-7,10-11H2,(H,23,27)(H,24,28). The van der Waals surface area contributed by atoms with Crippen LogP contribution in [0.5, 0.6) is 5.75 Å². The third-order valence-electron chi connectivity index (χ3n) is 6.02. The number of rotatable bonds is 6. The second kappa shape index (κ2) is 8.13. The molecule has 1 atom stereocenters. The molecular weight excluding hydrogens is 433 g/mol. The second-order valence-corrected chi connectivity index (χ2v) is 8.98. The number of hydrogen-bond acceptors (Lipinski definition) is 6. The molecule has 1 unspecified atom stereocenters. The first-order chi connectivity index (χ1) is 14.3. The molecule has 1 aromatic carbocycles. The summed E-state index contributed by atoms with van der Waals surface area (Å²) in [6.45, 7) is -0.304. The molecule has 7 nitrogen and oxygen atoms in total. The van der Waals surface area contributed by atoms with Crippen LogP contribution in [0.2, 0.25) is 5.02 Å². The Balaban J connectivity index is 1.34. The molecule has 3 aliphatic rings. The number of nitrogens with one attached hydrogen (secondary N) is 2. The van der Waals surface area contributed by atoms with Gasteiger partial charge in [-0.25, -0.2) is 4.39 Å². The van der Waals surface area contributed by atoms with Crippen molar-refractivity contribution in [1.82, 2.24) is 15.0 Å². The molecule has 2 amide bonds. The van der Waals surface area contributed by atoms with Gasteiger partial charge in [-0.05, 0) is 61.8 Å².